The standard InChI is InChI=1S/C25H23N3O7/c29-14-9-22(24(31)32)28(12-14)23(30)21-10-15(35-27-21)11-26-25(33)34-13-20-18-7-3-1-5-16(18)17-6-2-4-8-19(17)20/h1-8,10,14,20,22,29H,9,11-13H2,(H,26,33)(H,31,32)/t14-,22+/m1/s1. The molecule has 0 radical (unpaired) electrons. The van der Waals surface area contributed by atoms with Gasteiger partial charge in [0.05, 0.1) is 12.6 Å². The fraction of sp³-hybridized carbons (Fsp3) is 0.280. The van der Waals surface area contributed by atoms with Crippen LogP contribution in [0.15, 0.2) is 59.1 Å². The number of aliphatic carboxylic acids is 1. The predicted molar refractivity (Wildman–Crippen MR) is 121 cm³/mol. The molecule has 2 aromatic carbocycles. The number of rotatable bonds is 6. The first-order valence-corrected chi connectivity index (χ1v) is 11.2. The van der Waals surface area contributed by atoms with Crippen molar-refractivity contribution in [1.29, 1.82) is 0 Å². The van der Waals surface area contributed by atoms with Crippen molar-refractivity contribution in [1.82, 2.24) is 15.4 Å². The minimum atomic E-state index is -1.20. The summed E-state index contributed by atoms with van der Waals surface area (Å²) in [7, 11) is 0. The fourth-order valence-corrected chi connectivity index (χ4v) is 4.73. The van der Waals surface area contributed by atoms with Crippen LogP contribution in [0.25, 0.3) is 11.1 Å². The van der Waals surface area contributed by atoms with Gasteiger partial charge < -0.3 is 29.7 Å². The van der Waals surface area contributed by atoms with E-state index in [1.54, 1.807) is 0 Å². The van der Waals surface area contributed by atoms with E-state index in [-0.39, 0.29) is 43.5 Å². The van der Waals surface area contributed by atoms with E-state index in [4.69, 9.17) is 9.26 Å². The number of fused-ring (bicyclic) bond motifs is 3. The Hall–Kier alpha value is -4.18. The molecule has 180 valence electrons. The van der Waals surface area contributed by atoms with Gasteiger partial charge in [-0.3, -0.25) is 4.79 Å². The number of carbonyl (C=O) groups is 3. The van der Waals surface area contributed by atoms with Gasteiger partial charge in [0.15, 0.2) is 11.5 Å². The number of benzene rings is 2. The van der Waals surface area contributed by atoms with Crippen molar-refractivity contribution in [3.05, 3.63) is 77.2 Å². The van der Waals surface area contributed by atoms with Crippen molar-refractivity contribution in [3.63, 3.8) is 0 Å². The molecule has 3 N–H and O–H groups in total. The molecule has 35 heavy (non-hydrogen) atoms. The van der Waals surface area contributed by atoms with Crippen LogP contribution in [0, 0.1) is 0 Å². The maximum Gasteiger partial charge on any atom is 0.407 e. The van der Waals surface area contributed by atoms with E-state index in [2.05, 4.69) is 22.6 Å². The fourth-order valence-electron chi connectivity index (χ4n) is 4.73. The lowest BCUT2D eigenvalue weighted by atomic mass is 9.98. The first-order chi connectivity index (χ1) is 16.9. The molecular weight excluding hydrogens is 454 g/mol. The van der Waals surface area contributed by atoms with E-state index in [1.165, 1.54) is 6.07 Å². The number of likely N-dealkylation sites (tertiary alicyclic amines) is 1. The quantitative estimate of drug-likeness (QED) is 0.491. The van der Waals surface area contributed by atoms with Crippen LogP contribution in [0.1, 0.15) is 39.7 Å². The smallest absolute Gasteiger partial charge is 0.407 e. The van der Waals surface area contributed by atoms with E-state index in [9.17, 15) is 24.6 Å². The first kappa shape index (κ1) is 22.6. The number of aliphatic hydroxyl groups is 1. The predicted octanol–water partition coefficient (Wildman–Crippen LogP) is 2.37. The molecule has 1 fully saturated rings. The van der Waals surface area contributed by atoms with Gasteiger partial charge in [-0.15, -0.1) is 0 Å². The molecular formula is C25H23N3O7. The molecule has 3 aromatic rings. The molecule has 1 aromatic heterocycles. The number of nitrogens with zero attached hydrogens (tertiary/aromatic N) is 2. The number of aromatic nitrogens is 1. The SMILES string of the molecule is O=C(NCc1cc(C(=O)N2C[C@H](O)C[C@H]2C(=O)O)no1)OCC1c2ccccc2-c2ccccc21. The molecule has 5 rings (SSSR count). The van der Waals surface area contributed by atoms with E-state index >= 15 is 0 Å². The maximum atomic E-state index is 12.6. The van der Waals surface area contributed by atoms with Crippen molar-refractivity contribution in [2.75, 3.05) is 13.2 Å². The van der Waals surface area contributed by atoms with Crippen LogP contribution in [0.5, 0.6) is 0 Å². The highest BCUT2D eigenvalue weighted by Gasteiger charge is 2.40. The monoisotopic (exact) mass is 477 g/mol. The summed E-state index contributed by atoms with van der Waals surface area (Å²) < 4.78 is 10.6. The highest BCUT2D eigenvalue weighted by atomic mass is 16.5. The summed E-state index contributed by atoms with van der Waals surface area (Å²) in [5.74, 6) is -1.73. The molecule has 0 bridgehead atoms. The largest absolute Gasteiger partial charge is 0.480 e. The second-order valence-electron chi connectivity index (χ2n) is 8.56. The third-order valence-corrected chi connectivity index (χ3v) is 6.35. The Balaban J connectivity index is 1.17. The van der Waals surface area contributed by atoms with Gasteiger partial charge in [0, 0.05) is 24.9 Å². The average molecular weight is 477 g/mol. The van der Waals surface area contributed by atoms with E-state index < -0.39 is 30.1 Å². The molecule has 0 saturated carbocycles. The van der Waals surface area contributed by atoms with Gasteiger partial charge >= 0.3 is 12.1 Å². The van der Waals surface area contributed by atoms with Gasteiger partial charge in [-0.2, -0.15) is 0 Å². The maximum absolute atomic E-state index is 12.6. The zero-order valence-corrected chi connectivity index (χ0v) is 18.6. The summed E-state index contributed by atoms with van der Waals surface area (Å²) in [6, 6.07) is 16.3. The Kier molecular flexibility index (Phi) is 5.96. The minimum absolute atomic E-state index is 0.0465. The van der Waals surface area contributed by atoms with Crippen LogP contribution >= 0.6 is 0 Å². The summed E-state index contributed by atoms with van der Waals surface area (Å²) in [5, 5.41) is 25.3. The molecule has 2 heterocycles. The van der Waals surface area contributed by atoms with Crippen molar-refractivity contribution < 1.29 is 33.9 Å². The Morgan fingerprint density at radius 2 is 1.74 bits per heavy atom. The number of hydrogen-bond acceptors (Lipinski definition) is 7. The Morgan fingerprint density at radius 3 is 2.40 bits per heavy atom. The lowest BCUT2D eigenvalue weighted by molar-refractivity contribution is -0.141. The Morgan fingerprint density at radius 1 is 1.09 bits per heavy atom. The molecule has 1 aliphatic heterocycles. The summed E-state index contributed by atoms with van der Waals surface area (Å²) in [6.07, 6.45) is -1.61. The van der Waals surface area contributed by atoms with Gasteiger partial charge in [0.25, 0.3) is 5.91 Å². The number of carbonyl (C=O) groups excluding carboxylic acids is 2. The number of carboxylic acid groups (broad SMARTS) is 1. The van der Waals surface area contributed by atoms with Crippen LogP contribution in [0.4, 0.5) is 4.79 Å². The van der Waals surface area contributed by atoms with Crippen LogP contribution in [-0.4, -0.2) is 63.5 Å². The van der Waals surface area contributed by atoms with Crippen molar-refractivity contribution in [3.8, 4) is 11.1 Å². The van der Waals surface area contributed by atoms with Gasteiger partial charge in [0.2, 0.25) is 0 Å². The third kappa shape index (κ3) is 4.35. The van der Waals surface area contributed by atoms with Gasteiger partial charge in [-0.1, -0.05) is 53.7 Å². The van der Waals surface area contributed by atoms with Crippen molar-refractivity contribution >= 4 is 18.0 Å². The van der Waals surface area contributed by atoms with Crippen molar-refractivity contribution in [2.45, 2.75) is 31.0 Å². The zero-order chi connectivity index (χ0) is 24.5. The molecule has 1 aliphatic carbocycles. The highest BCUT2D eigenvalue weighted by Crippen LogP contribution is 2.44. The number of nitrogens with one attached hydrogen (secondary N) is 1. The second-order valence-corrected chi connectivity index (χ2v) is 8.56. The Labute approximate surface area is 200 Å². The summed E-state index contributed by atoms with van der Waals surface area (Å²) in [6.45, 7) is -0.00814. The van der Waals surface area contributed by atoms with E-state index in [0.717, 1.165) is 27.2 Å². The van der Waals surface area contributed by atoms with Crippen LogP contribution in [0.2, 0.25) is 0 Å². The average Bonchev–Trinajstić information content (AvgIpc) is 3.57. The molecule has 0 spiro atoms. The number of β-amino-alcohol motifs (C(OH)–C–C–N with tert-alkyl or cyclic N) is 1. The molecule has 2 aliphatic rings. The van der Waals surface area contributed by atoms with Gasteiger partial charge in [0.1, 0.15) is 12.6 Å². The number of hydrogen-bond donors (Lipinski definition) is 3. The lowest BCUT2D eigenvalue weighted by Gasteiger charge is -2.19. The number of alkyl carbamates (subject to hydrolysis) is 1. The molecule has 10 nitrogen and oxygen atoms in total. The normalized spacial score (nSPS) is 18.7. The number of carboxylic acids is 1. The van der Waals surface area contributed by atoms with Gasteiger partial charge in [-0.05, 0) is 22.3 Å². The van der Waals surface area contributed by atoms with Crippen LogP contribution in [0.3, 0.4) is 0 Å². The first-order valence-electron chi connectivity index (χ1n) is 11.2. The van der Waals surface area contributed by atoms with E-state index in [1.807, 2.05) is 36.4 Å². The van der Waals surface area contributed by atoms with Crippen LogP contribution < -0.4 is 5.32 Å². The number of ether oxygens (including phenoxy) is 1. The Bertz CT molecular complexity index is 1240. The summed E-state index contributed by atoms with van der Waals surface area (Å²) >= 11 is 0. The highest BCUT2D eigenvalue weighted by molar-refractivity contribution is 5.95. The molecule has 1 saturated heterocycles. The topological polar surface area (TPSA) is 142 Å². The summed E-state index contributed by atoms with van der Waals surface area (Å²) in [4.78, 5) is 37.4. The third-order valence-electron chi connectivity index (χ3n) is 6.35. The van der Waals surface area contributed by atoms with Crippen molar-refractivity contribution in [2.24, 2.45) is 0 Å². The molecule has 2 atom stereocenters. The minimum Gasteiger partial charge on any atom is -0.480 e. The summed E-state index contributed by atoms with van der Waals surface area (Å²) in [5.41, 5.74) is 4.37. The molecule has 10 heteroatoms. The van der Waals surface area contributed by atoms with Gasteiger partial charge in [-0.25, -0.2) is 9.59 Å². The lowest BCUT2D eigenvalue weighted by Crippen LogP contribution is -2.40. The van der Waals surface area contributed by atoms with E-state index in [0.29, 0.717) is 0 Å². The molecule has 2 amide bonds. The zero-order valence-electron chi connectivity index (χ0n) is 18.6. The molecule has 0 unspecified atom stereocenters. The second kappa shape index (κ2) is 9.22. The number of amides is 2. The van der Waals surface area contributed by atoms with Crippen LogP contribution in [-0.2, 0) is 16.1 Å². The number of aliphatic hydroxyl groups excluding tert-OH is 1.